The van der Waals surface area contributed by atoms with E-state index in [1.807, 2.05) is 19.3 Å². The predicted octanol–water partition coefficient (Wildman–Crippen LogP) is 3.81. The van der Waals surface area contributed by atoms with Gasteiger partial charge in [0.1, 0.15) is 6.04 Å². The Hall–Kier alpha value is -2.40. The number of carbonyl (C=O) groups is 1. The molecule has 5 nitrogen and oxygen atoms in total. The first-order chi connectivity index (χ1) is 13.5. The summed E-state index contributed by atoms with van der Waals surface area (Å²) in [6, 6.07) is 10.6. The summed E-state index contributed by atoms with van der Waals surface area (Å²) in [5.41, 5.74) is 5.79. The van der Waals surface area contributed by atoms with Gasteiger partial charge in [-0.05, 0) is 74.7 Å². The first-order valence-electron chi connectivity index (χ1n) is 10.3. The second kappa shape index (κ2) is 7.92. The van der Waals surface area contributed by atoms with Gasteiger partial charge in [0, 0.05) is 25.4 Å². The Balaban J connectivity index is 1.62. The van der Waals surface area contributed by atoms with Gasteiger partial charge in [-0.25, -0.2) is 5.01 Å². The number of hydrogen-bond acceptors (Lipinski definition) is 3. The Kier molecular flexibility index (Phi) is 5.36. The molecule has 148 valence electrons. The van der Waals surface area contributed by atoms with Crippen LogP contribution in [0.4, 0.5) is 0 Å². The summed E-state index contributed by atoms with van der Waals surface area (Å²) >= 11 is 0. The highest BCUT2D eigenvalue weighted by atomic mass is 16.2. The van der Waals surface area contributed by atoms with Crippen molar-refractivity contribution in [3.05, 3.63) is 58.9 Å². The highest BCUT2D eigenvalue weighted by molar-refractivity contribution is 6.03. The van der Waals surface area contributed by atoms with Crippen LogP contribution in [0, 0.1) is 13.8 Å². The van der Waals surface area contributed by atoms with Crippen LogP contribution in [0.25, 0.3) is 0 Å². The van der Waals surface area contributed by atoms with E-state index in [0.29, 0.717) is 6.54 Å². The van der Waals surface area contributed by atoms with Crippen LogP contribution in [0.3, 0.4) is 0 Å². The van der Waals surface area contributed by atoms with Crippen molar-refractivity contribution >= 4 is 11.6 Å². The second-order valence-electron chi connectivity index (χ2n) is 8.18. The molecule has 1 amide bonds. The van der Waals surface area contributed by atoms with Crippen LogP contribution in [0.5, 0.6) is 0 Å². The first-order valence-corrected chi connectivity index (χ1v) is 10.3. The zero-order valence-electron chi connectivity index (χ0n) is 17.2. The molecule has 0 saturated carbocycles. The van der Waals surface area contributed by atoms with Crippen molar-refractivity contribution in [2.24, 2.45) is 12.1 Å². The Labute approximate surface area is 167 Å². The molecule has 1 unspecified atom stereocenters. The van der Waals surface area contributed by atoms with E-state index < -0.39 is 0 Å². The van der Waals surface area contributed by atoms with E-state index in [-0.39, 0.29) is 11.9 Å². The summed E-state index contributed by atoms with van der Waals surface area (Å²) in [7, 11) is 2.04. The van der Waals surface area contributed by atoms with E-state index in [9.17, 15) is 4.79 Å². The molecular formula is C23H30N4O. The molecule has 1 aromatic carbocycles. The fourth-order valence-corrected chi connectivity index (χ4v) is 4.27. The number of piperidine rings is 1. The second-order valence-corrected chi connectivity index (χ2v) is 8.18. The zero-order valence-corrected chi connectivity index (χ0v) is 17.2. The van der Waals surface area contributed by atoms with Gasteiger partial charge in [0.25, 0.3) is 5.91 Å². The van der Waals surface area contributed by atoms with E-state index in [2.05, 4.69) is 47.6 Å². The van der Waals surface area contributed by atoms with Crippen LogP contribution in [0.2, 0.25) is 0 Å². The topological polar surface area (TPSA) is 40.8 Å². The molecule has 2 aliphatic heterocycles. The number of hydrazone groups is 1. The molecule has 1 saturated heterocycles. The third-order valence-corrected chi connectivity index (χ3v) is 6.14. The molecule has 0 radical (unpaired) electrons. The third kappa shape index (κ3) is 3.76. The molecule has 1 fully saturated rings. The summed E-state index contributed by atoms with van der Waals surface area (Å²) in [6.07, 6.45) is 6.44. The van der Waals surface area contributed by atoms with Gasteiger partial charge in [0.05, 0.1) is 12.3 Å². The number of amides is 1. The monoisotopic (exact) mass is 378 g/mol. The first kappa shape index (κ1) is 18.9. The van der Waals surface area contributed by atoms with Crippen molar-refractivity contribution < 1.29 is 4.79 Å². The number of aryl methyl sites for hydroxylation is 3. The van der Waals surface area contributed by atoms with Gasteiger partial charge in [0.15, 0.2) is 0 Å². The Morgan fingerprint density at radius 1 is 1.11 bits per heavy atom. The molecule has 28 heavy (non-hydrogen) atoms. The fourth-order valence-electron chi connectivity index (χ4n) is 4.27. The number of benzene rings is 1. The van der Waals surface area contributed by atoms with Gasteiger partial charge in [-0.1, -0.05) is 18.6 Å². The average Bonchev–Trinajstić information content (AvgIpc) is 3.31. The molecule has 0 bridgehead atoms. The van der Waals surface area contributed by atoms with Crippen LogP contribution in [-0.4, -0.2) is 45.7 Å². The quantitative estimate of drug-likeness (QED) is 0.812. The Morgan fingerprint density at radius 2 is 1.89 bits per heavy atom. The molecule has 1 atom stereocenters. The van der Waals surface area contributed by atoms with Crippen molar-refractivity contribution in [2.45, 2.75) is 45.6 Å². The lowest BCUT2D eigenvalue weighted by Crippen LogP contribution is -2.40. The lowest BCUT2D eigenvalue weighted by molar-refractivity contribution is -0.134. The SMILES string of the molecule is Cc1ccc(C2=NN(C(=O)CN3CCCCC3)C(c3cccn3C)C2)cc1C. The molecule has 1 aromatic heterocycles. The van der Waals surface area contributed by atoms with Crippen molar-refractivity contribution in [1.29, 1.82) is 0 Å². The highest BCUT2D eigenvalue weighted by Gasteiger charge is 2.35. The smallest absolute Gasteiger partial charge is 0.257 e. The molecule has 0 aliphatic carbocycles. The Bertz CT molecular complexity index is 892. The van der Waals surface area contributed by atoms with Crippen LogP contribution in [0.15, 0.2) is 41.6 Å². The van der Waals surface area contributed by atoms with Crippen molar-refractivity contribution in [3.8, 4) is 0 Å². The van der Waals surface area contributed by atoms with Gasteiger partial charge in [-0.15, -0.1) is 0 Å². The molecule has 2 aromatic rings. The zero-order chi connectivity index (χ0) is 19.7. The summed E-state index contributed by atoms with van der Waals surface area (Å²) in [6.45, 7) is 6.74. The molecular weight excluding hydrogens is 348 g/mol. The van der Waals surface area contributed by atoms with Gasteiger partial charge in [-0.2, -0.15) is 5.10 Å². The maximum absolute atomic E-state index is 13.2. The maximum Gasteiger partial charge on any atom is 0.257 e. The lowest BCUT2D eigenvalue weighted by atomic mass is 9.98. The molecule has 0 spiro atoms. The summed E-state index contributed by atoms with van der Waals surface area (Å²) in [5.74, 6) is 0.104. The number of likely N-dealkylation sites (tertiary alicyclic amines) is 1. The lowest BCUT2D eigenvalue weighted by Gasteiger charge is -2.29. The van der Waals surface area contributed by atoms with E-state index in [1.54, 1.807) is 5.01 Å². The van der Waals surface area contributed by atoms with Crippen molar-refractivity contribution in [2.75, 3.05) is 19.6 Å². The number of rotatable bonds is 4. The molecule has 0 N–H and O–H groups in total. The van der Waals surface area contributed by atoms with Crippen molar-refractivity contribution in [1.82, 2.24) is 14.5 Å². The number of carbonyl (C=O) groups excluding carboxylic acids is 1. The Morgan fingerprint density at radius 3 is 2.57 bits per heavy atom. The van der Waals surface area contributed by atoms with Crippen LogP contribution >= 0.6 is 0 Å². The average molecular weight is 379 g/mol. The maximum atomic E-state index is 13.2. The fraction of sp³-hybridized carbons (Fsp3) is 0.478. The standard InChI is InChI=1S/C23H30N4O/c1-17-9-10-19(14-18(17)2)20-15-22(21-8-7-11-25(21)3)27(24-20)23(28)16-26-12-5-4-6-13-26/h7-11,14,22H,4-6,12-13,15-16H2,1-3H3. The van der Waals surface area contributed by atoms with Crippen LogP contribution < -0.4 is 0 Å². The van der Waals surface area contributed by atoms with E-state index in [1.165, 1.54) is 30.4 Å². The molecule has 3 heterocycles. The highest BCUT2D eigenvalue weighted by Crippen LogP contribution is 2.33. The largest absolute Gasteiger partial charge is 0.353 e. The summed E-state index contributed by atoms with van der Waals surface area (Å²) in [5, 5.41) is 6.58. The summed E-state index contributed by atoms with van der Waals surface area (Å²) < 4.78 is 2.10. The van der Waals surface area contributed by atoms with E-state index >= 15 is 0 Å². The number of nitrogens with zero attached hydrogens (tertiary/aromatic N) is 4. The van der Waals surface area contributed by atoms with Crippen molar-refractivity contribution in [3.63, 3.8) is 0 Å². The third-order valence-electron chi connectivity index (χ3n) is 6.14. The predicted molar refractivity (Wildman–Crippen MR) is 112 cm³/mol. The minimum absolute atomic E-state index is 0.0334. The van der Waals surface area contributed by atoms with Gasteiger partial charge in [-0.3, -0.25) is 9.69 Å². The molecule has 4 rings (SSSR count). The molecule has 5 heteroatoms. The van der Waals surface area contributed by atoms with Gasteiger partial charge < -0.3 is 4.57 Å². The van der Waals surface area contributed by atoms with E-state index in [4.69, 9.17) is 5.10 Å². The van der Waals surface area contributed by atoms with Crippen LogP contribution in [0.1, 0.15) is 54.1 Å². The normalized spacial score (nSPS) is 20.5. The van der Waals surface area contributed by atoms with E-state index in [0.717, 1.165) is 36.5 Å². The number of aromatic nitrogens is 1. The summed E-state index contributed by atoms with van der Waals surface area (Å²) in [4.78, 5) is 15.5. The van der Waals surface area contributed by atoms with Crippen LogP contribution in [-0.2, 0) is 11.8 Å². The minimum Gasteiger partial charge on any atom is -0.353 e. The van der Waals surface area contributed by atoms with Gasteiger partial charge in [0.2, 0.25) is 0 Å². The number of hydrogen-bond donors (Lipinski definition) is 0. The van der Waals surface area contributed by atoms with Gasteiger partial charge >= 0.3 is 0 Å². The molecule has 2 aliphatic rings. The minimum atomic E-state index is -0.0334.